The maximum atomic E-state index is 9.32. The number of aliphatic hydroxyl groups excluding tert-OH is 1. The van der Waals surface area contributed by atoms with E-state index in [2.05, 4.69) is 10.2 Å². The molecule has 2 atom stereocenters. The number of nitrogens with zero attached hydrogens (tertiary/aromatic N) is 2. The third-order valence-corrected chi connectivity index (χ3v) is 2.15. The summed E-state index contributed by atoms with van der Waals surface area (Å²) in [6.07, 6.45) is 2.99. The molecule has 3 nitrogen and oxygen atoms in total. The van der Waals surface area contributed by atoms with Crippen LogP contribution in [0.25, 0.3) is 0 Å². The summed E-state index contributed by atoms with van der Waals surface area (Å²) in [5, 5.41) is 17.2. The van der Waals surface area contributed by atoms with Crippen LogP contribution in [0.4, 0.5) is 0 Å². The molecular formula is C6H10N2O. The third kappa shape index (κ3) is 0.678. The second-order valence-corrected chi connectivity index (χ2v) is 2.79. The molecule has 0 aromatic rings. The summed E-state index contributed by atoms with van der Waals surface area (Å²) >= 11 is 0. The highest BCUT2D eigenvalue weighted by Gasteiger charge is 2.36. The van der Waals surface area contributed by atoms with E-state index in [1.165, 1.54) is 6.42 Å². The first-order chi connectivity index (χ1) is 4.38. The summed E-state index contributed by atoms with van der Waals surface area (Å²) in [6, 6.07) is 0.285. The van der Waals surface area contributed by atoms with Crippen LogP contribution in [0.3, 0.4) is 0 Å². The van der Waals surface area contributed by atoms with Crippen molar-refractivity contribution in [2.75, 3.05) is 0 Å². The molecule has 0 saturated heterocycles. The standard InChI is InChI=1S/C6H10N2O/c9-6-4-2-1-3-5(6)8-7-4/h4-6,9H,1-3H2. The molecule has 2 rings (SSSR count). The fraction of sp³-hybridized carbons (Fsp3) is 1.00. The Kier molecular flexibility index (Phi) is 1.05. The highest BCUT2D eigenvalue weighted by molar-refractivity contribution is 4.94. The minimum atomic E-state index is -0.251. The molecule has 50 valence electrons. The van der Waals surface area contributed by atoms with Crippen molar-refractivity contribution in [1.82, 2.24) is 0 Å². The van der Waals surface area contributed by atoms with Gasteiger partial charge in [-0.1, -0.05) is 0 Å². The molecule has 1 heterocycles. The normalized spacial score (nSPS) is 47.9. The van der Waals surface area contributed by atoms with Crippen molar-refractivity contribution in [3.63, 3.8) is 0 Å². The van der Waals surface area contributed by atoms with Crippen molar-refractivity contribution in [2.24, 2.45) is 10.2 Å². The molecule has 1 aliphatic heterocycles. The van der Waals surface area contributed by atoms with Gasteiger partial charge < -0.3 is 5.11 Å². The highest BCUT2D eigenvalue weighted by atomic mass is 16.3. The lowest BCUT2D eigenvalue weighted by molar-refractivity contribution is 0.112. The molecule has 0 amide bonds. The van der Waals surface area contributed by atoms with Crippen LogP contribution in [0.5, 0.6) is 0 Å². The van der Waals surface area contributed by atoms with E-state index >= 15 is 0 Å². The number of hydrogen-bond acceptors (Lipinski definition) is 3. The van der Waals surface area contributed by atoms with Crippen LogP contribution in [0.2, 0.25) is 0 Å². The summed E-state index contributed by atoms with van der Waals surface area (Å²) < 4.78 is 0. The SMILES string of the molecule is OC1C2CCCC1N=N2. The molecule has 0 aromatic heterocycles. The highest BCUT2D eigenvalue weighted by Crippen LogP contribution is 2.29. The number of rotatable bonds is 0. The summed E-state index contributed by atoms with van der Waals surface area (Å²) in [5.74, 6) is 0. The van der Waals surface area contributed by atoms with Gasteiger partial charge in [-0.2, -0.15) is 10.2 Å². The van der Waals surface area contributed by atoms with Gasteiger partial charge in [0.05, 0.1) is 12.1 Å². The lowest BCUT2D eigenvalue weighted by atomic mass is 9.91. The van der Waals surface area contributed by atoms with E-state index in [4.69, 9.17) is 0 Å². The van der Waals surface area contributed by atoms with Crippen LogP contribution in [-0.2, 0) is 0 Å². The molecule has 0 aromatic carbocycles. The monoisotopic (exact) mass is 126 g/mol. The quantitative estimate of drug-likeness (QED) is 0.511. The molecule has 1 fully saturated rings. The van der Waals surface area contributed by atoms with Gasteiger partial charge in [0.1, 0.15) is 6.10 Å². The Hall–Kier alpha value is -0.440. The lowest BCUT2D eigenvalue weighted by Gasteiger charge is -2.20. The van der Waals surface area contributed by atoms with Crippen LogP contribution >= 0.6 is 0 Å². The van der Waals surface area contributed by atoms with Crippen molar-refractivity contribution in [3.05, 3.63) is 0 Å². The van der Waals surface area contributed by atoms with Gasteiger partial charge in [-0.25, -0.2) is 0 Å². The van der Waals surface area contributed by atoms with E-state index < -0.39 is 0 Å². The van der Waals surface area contributed by atoms with Gasteiger partial charge in [-0.15, -0.1) is 0 Å². The molecule has 0 radical (unpaired) electrons. The Labute approximate surface area is 53.8 Å². The minimum absolute atomic E-state index is 0.142. The first-order valence-electron chi connectivity index (χ1n) is 3.46. The molecule has 3 heteroatoms. The second kappa shape index (κ2) is 1.77. The van der Waals surface area contributed by atoms with Crippen LogP contribution in [-0.4, -0.2) is 23.3 Å². The van der Waals surface area contributed by atoms with Crippen molar-refractivity contribution in [3.8, 4) is 0 Å². The Morgan fingerprint density at radius 3 is 2.11 bits per heavy atom. The average molecular weight is 126 g/mol. The van der Waals surface area contributed by atoms with Gasteiger partial charge in [-0.3, -0.25) is 0 Å². The largest absolute Gasteiger partial charge is 0.389 e. The molecule has 1 saturated carbocycles. The molecule has 2 bridgehead atoms. The predicted molar refractivity (Wildman–Crippen MR) is 32.3 cm³/mol. The van der Waals surface area contributed by atoms with Gasteiger partial charge >= 0.3 is 0 Å². The molecular weight excluding hydrogens is 116 g/mol. The van der Waals surface area contributed by atoms with E-state index in [1.54, 1.807) is 0 Å². The van der Waals surface area contributed by atoms with Crippen molar-refractivity contribution in [2.45, 2.75) is 37.5 Å². The van der Waals surface area contributed by atoms with Crippen LogP contribution in [0.1, 0.15) is 19.3 Å². The summed E-state index contributed by atoms with van der Waals surface area (Å²) in [5.41, 5.74) is 0. The first kappa shape index (κ1) is 5.35. The van der Waals surface area contributed by atoms with Gasteiger partial charge in [0.2, 0.25) is 0 Å². The van der Waals surface area contributed by atoms with Crippen molar-refractivity contribution >= 4 is 0 Å². The minimum Gasteiger partial charge on any atom is -0.389 e. The van der Waals surface area contributed by atoms with E-state index in [-0.39, 0.29) is 18.2 Å². The molecule has 9 heavy (non-hydrogen) atoms. The average Bonchev–Trinajstić information content (AvgIpc) is 2.19. The third-order valence-electron chi connectivity index (χ3n) is 2.15. The Bertz CT molecular complexity index is 132. The van der Waals surface area contributed by atoms with Crippen LogP contribution < -0.4 is 0 Å². The van der Waals surface area contributed by atoms with Crippen molar-refractivity contribution in [1.29, 1.82) is 0 Å². The summed E-state index contributed by atoms with van der Waals surface area (Å²) in [4.78, 5) is 0. The maximum absolute atomic E-state index is 9.32. The topological polar surface area (TPSA) is 45.0 Å². The first-order valence-corrected chi connectivity index (χ1v) is 3.46. The smallest absolute Gasteiger partial charge is 0.102 e. The maximum Gasteiger partial charge on any atom is 0.102 e. The van der Waals surface area contributed by atoms with Crippen LogP contribution in [0.15, 0.2) is 10.2 Å². The molecule has 1 N–H and O–H groups in total. The Morgan fingerprint density at radius 2 is 1.67 bits per heavy atom. The van der Waals surface area contributed by atoms with Gasteiger partial charge in [0, 0.05) is 0 Å². The van der Waals surface area contributed by atoms with E-state index in [0.717, 1.165) is 12.8 Å². The van der Waals surface area contributed by atoms with Crippen molar-refractivity contribution < 1.29 is 5.11 Å². The molecule has 1 aliphatic carbocycles. The van der Waals surface area contributed by atoms with E-state index in [1.807, 2.05) is 0 Å². The van der Waals surface area contributed by atoms with Gasteiger partial charge in [0.15, 0.2) is 0 Å². The van der Waals surface area contributed by atoms with Crippen LogP contribution in [0, 0.1) is 0 Å². The van der Waals surface area contributed by atoms with E-state index in [9.17, 15) is 5.11 Å². The number of fused-ring (bicyclic) bond motifs is 2. The molecule has 2 unspecified atom stereocenters. The Balaban J connectivity index is 2.18. The fourth-order valence-electron chi connectivity index (χ4n) is 1.56. The zero-order chi connectivity index (χ0) is 6.27. The molecule has 2 aliphatic rings. The number of hydrogen-bond donors (Lipinski definition) is 1. The number of aliphatic hydroxyl groups is 1. The number of azo groups is 1. The van der Waals surface area contributed by atoms with Gasteiger partial charge in [-0.05, 0) is 19.3 Å². The molecule has 0 spiro atoms. The summed E-state index contributed by atoms with van der Waals surface area (Å²) in [6.45, 7) is 0. The lowest BCUT2D eigenvalue weighted by Crippen LogP contribution is -2.33. The second-order valence-electron chi connectivity index (χ2n) is 2.79. The fourth-order valence-corrected chi connectivity index (χ4v) is 1.56. The Morgan fingerprint density at radius 1 is 1.11 bits per heavy atom. The summed E-state index contributed by atoms with van der Waals surface area (Å²) in [7, 11) is 0. The van der Waals surface area contributed by atoms with E-state index in [0.29, 0.717) is 0 Å². The predicted octanol–water partition coefficient (Wildman–Crippen LogP) is 0.734. The zero-order valence-electron chi connectivity index (χ0n) is 5.20. The van der Waals surface area contributed by atoms with Gasteiger partial charge in [0.25, 0.3) is 0 Å². The zero-order valence-corrected chi connectivity index (χ0v) is 5.20.